The van der Waals surface area contributed by atoms with Gasteiger partial charge in [0.15, 0.2) is 5.82 Å². The molecule has 1 aliphatic carbocycles. The zero-order valence-corrected chi connectivity index (χ0v) is 14.7. The van der Waals surface area contributed by atoms with E-state index in [2.05, 4.69) is 25.1 Å². The normalized spacial score (nSPS) is 16.1. The van der Waals surface area contributed by atoms with Gasteiger partial charge in [-0.1, -0.05) is 31.0 Å². The van der Waals surface area contributed by atoms with Crippen LogP contribution in [0.1, 0.15) is 47.6 Å². The van der Waals surface area contributed by atoms with Crippen LogP contribution in [0.4, 0.5) is 11.5 Å². The molecule has 0 spiro atoms. The molecule has 134 valence electrons. The van der Waals surface area contributed by atoms with Crippen molar-refractivity contribution in [2.24, 2.45) is 4.99 Å². The number of rotatable bonds is 4. The third-order valence-corrected chi connectivity index (χ3v) is 5.16. The van der Waals surface area contributed by atoms with Gasteiger partial charge in [-0.25, -0.2) is 9.98 Å². The molecule has 1 saturated carbocycles. The highest BCUT2D eigenvalue weighted by atomic mass is 16.1. The standard InChI is InChI=1S/C20H18N6O/c27-20-18-13(11-21-20)5-3-8-15(18)23-17-10-4-9-16(24-17)19-25-22-12-26(19)14-6-1-2-7-14/h3-5,8-12,14H,1-2,6-7H2,(H,23,24). The maximum Gasteiger partial charge on any atom is 0.279 e. The van der Waals surface area contributed by atoms with Crippen molar-refractivity contribution in [3.05, 3.63) is 53.9 Å². The molecule has 0 unspecified atom stereocenters. The molecule has 0 atom stereocenters. The van der Waals surface area contributed by atoms with Crippen LogP contribution in [0.2, 0.25) is 0 Å². The summed E-state index contributed by atoms with van der Waals surface area (Å²) < 4.78 is 2.14. The lowest BCUT2D eigenvalue weighted by Gasteiger charge is -2.14. The molecule has 27 heavy (non-hydrogen) atoms. The Balaban J connectivity index is 1.47. The molecule has 1 amide bonds. The largest absolute Gasteiger partial charge is 0.340 e. The molecule has 1 aromatic carbocycles. The number of aromatic nitrogens is 4. The van der Waals surface area contributed by atoms with E-state index in [1.54, 1.807) is 12.5 Å². The third kappa shape index (κ3) is 2.81. The predicted molar refractivity (Wildman–Crippen MR) is 102 cm³/mol. The van der Waals surface area contributed by atoms with Crippen LogP contribution in [0.15, 0.2) is 47.7 Å². The van der Waals surface area contributed by atoms with Gasteiger partial charge in [0, 0.05) is 17.8 Å². The van der Waals surface area contributed by atoms with E-state index >= 15 is 0 Å². The van der Waals surface area contributed by atoms with Crippen LogP contribution in [-0.2, 0) is 0 Å². The minimum atomic E-state index is -0.231. The molecule has 5 rings (SSSR count). The molecule has 7 nitrogen and oxygen atoms in total. The summed E-state index contributed by atoms with van der Waals surface area (Å²) in [7, 11) is 0. The first-order valence-corrected chi connectivity index (χ1v) is 9.15. The Morgan fingerprint density at radius 3 is 2.81 bits per heavy atom. The van der Waals surface area contributed by atoms with Crippen molar-refractivity contribution < 1.29 is 4.79 Å². The Morgan fingerprint density at radius 2 is 1.93 bits per heavy atom. The van der Waals surface area contributed by atoms with Crippen LogP contribution in [0, 0.1) is 0 Å². The van der Waals surface area contributed by atoms with Crippen molar-refractivity contribution in [2.45, 2.75) is 31.7 Å². The van der Waals surface area contributed by atoms with Crippen molar-refractivity contribution in [1.29, 1.82) is 0 Å². The summed E-state index contributed by atoms with van der Waals surface area (Å²) in [5, 5.41) is 11.7. The number of aliphatic imine (C=N–C) groups is 1. The number of benzene rings is 1. The average molecular weight is 358 g/mol. The van der Waals surface area contributed by atoms with Crippen molar-refractivity contribution in [2.75, 3.05) is 5.32 Å². The van der Waals surface area contributed by atoms with Crippen molar-refractivity contribution in [3.8, 4) is 11.5 Å². The summed E-state index contributed by atoms with van der Waals surface area (Å²) in [4.78, 5) is 20.6. The van der Waals surface area contributed by atoms with Gasteiger partial charge in [0.2, 0.25) is 0 Å². The minimum Gasteiger partial charge on any atom is -0.340 e. The maximum atomic E-state index is 12.0. The molecule has 3 aromatic rings. The second-order valence-electron chi connectivity index (χ2n) is 6.87. The maximum absolute atomic E-state index is 12.0. The fourth-order valence-corrected chi connectivity index (χ4v) is 3.86. The Morgan fingerprint density at radius 1 is 1.07 bits per heavy atom. The van der Waals surface area contributed by atoms with Crippen molar-refractivity contribution in [3.63, 3.8) is 0 Å². The van der Waals surface area contributed by atoms with E-state index in [4.69, 9.17) is 4.98 Å². The van der Waals surface area contributed by atoms with E-state index in [0.29, 0.717) is 23.1 Å². The summed E-state index contributed by atoms with van der Waals surface area (Å²) in [5.74, 6) is 1.20. The second-order valence-corrected chi connectivity index (χ2v) is 6.87. The number of carbonyl (C=O) groups excluding carboxylic acids is 1. The monoisotopic (exact) mass is 358 g/mol. The van der Waals surface area contributed by atoms with Gasteiger partial charge >= 0.3 is 0 Å². The number of amides is 1. The van der Waals surface area contributed by atoms with Crippen LogP contribution >= 0.6 is 0 Å². The van der Waals surface area contributed by atoms with Gasteiger partial charge in [-0.05, 0) is 31.0 Å². The van der Waals surface area contributed by atoms with Crippen molar-refractivity contribution >= 4 is 23.6 Å². The van der Waals surface area contributed by atoms with Gasteiger partial charge in [-0.3, -0.25) is 4.79 Å². The first kappa shape index (κ1) is 15.9. The van der Waals surface area contributed by atoms with E-state index in [-0.39, 0.29) is 5.91 Å². The molecule has 1 fully saturated rings. The highest BCUT2D eigenvalue weighted by molar-refractivity contribution is 6.16. The lowest BCUT2D eigenvalue weighted by Crippen LogP contribution is -2.07. The van der Waals surface area contributed by atoms with Crippen LogP contribution in [0.3, 0.4) is 0 Å². The predicted octanol–water partition coefficient (Wildman–Crippen LogP) is 3.77. The summed E-state index contributed by atoms with van der Waals surface area (Å²) in [6.07, 6.45) is 8.19. The number of nitrogens with zero attached hydrogens (tertiary/aromatic N) is 5. The molecule has 0 bridgehead atoms. The summed E-state index contributed by atoms with van der Waals surface area (Å²) >= 11 is 0. The highest BCUT2D eigenvalue weighted by Crippen LogP contribution is 2.32. The van der Waals surface area contributed by atoms with Gasteiger partial charge in [0.05, 0.1) is 11.3 Å². The highest BCUT2D eigenvalue weighted by Gasteiger charge is 2.22. The van der Waals surface area contributed by atoms with Crippen LogP contribution in [-0.4, -0.2) is 31.9 Å². The summed E-state index contributed by atoms with van der Waals surface area (Å²) in [6.45, 7) is 0. The number of nitrogens with one attached hydrogen (secondary N) is 1. The average Bonchev–Trinajstić information content (AvgIpc) is 3.43. The molecular weight excluding hydrogens is 340 g/mol. The van der Waals surface area contributed by atoms with Crippen LogP contribution in [0.5, 0.6) is 0 Å². The molecule has 0 radical (unpaired) electrons. The SMILES string of the molecule is O=C1N=Cc2cccc(Nc3cccc(-c4nncn4C4CCCC4)n3)c21. The van der Waals surface area contributed by atoms with Gasteiger partial charge in [-0.15, -0.1) is 10.2 Å². The summed E-state index contributed by atoms with van der Waals surface area (Å²) in [5.41, 5.74) is 2.87. The molecule has 2 aromatic heterocycles. The zero-order valence-electron chi connectivity index (χ0n) is 14.7. The number of hydrogen-bond donors (Lipinski definition) is 1. The Labute approximate surface area is 156 Å². The smallest absolute Gasteiger partial charge is 0.279 e. The minimum absolute atomic E-state index is 0.231. The lowest BCUT2D eigenvalue weighted by atomic mass is 10.1. The fraction of sp³-hybridized carbons (Fsp3) is 0.250. The molecule has 1 N–H and O–H groups in total. The van der Waals surface area contributed by atoms with E-state index in [0.717, 1.165) is 29.9 Å². The molecule has 2 aliphatic rings. The molecule has 0 saturated heterocycles. The Kier molecular flexibility index (Phi) is 3.78. The molecular formula is C20H18N6O. The van der Waals surface area contributed by atoms with E-state index in [9.17, 15) is 4.79 Å². The fourth-order valence-electron chi connectivity index (χ4n) is 3.86. The molecule has 1 aliphatic heterocycles. The zero-order chi connectivity index (χ0) is 18.2. The summed E-state index contributed by atoms with van der Waals surface area (Å²) in [6, 6.07) is 11.8. The van der Waals surface area contributed by atoms with Crippen LogP contribution in [0.25, 0.3) is 11.5 Å². The first-order valence-electron chi connectivity index (χ1n) is 9.15. The van der Waals surface area contributed by atoms with E-state index in [1.807, 2.05) is 36.4 Å². The Bertz CT molecular complexity index is 1050. The third-order valence-electron chi connectivity index (χ3n) is 5.16. The van der Waals surface area contributed by atoms with Gasteiger partial charge in [-0.2, -0.15) is 0 Å². The number of fused-ring (bicyclic) bond motifs is 1. The topological polar surface area (TPSA) is 85.1 Å². The lowest BCUT2D eigenvalue weighted by molar-refractivity contribution is 0.101. The van der Waals surface area contributed by atoms with Gasteiger partial charge < -0.3 is 9.88 Å². The Hall–Kier alpha value is -3.35. The molecule has 3 heterocycles. The van der Waals surface area contributed by atoms with E-state index < -0.39 is 0 Å². The van der Waals surface area contributed by atoms with E-state index in [1.165, 1.54) is 12.8 Å². The number of pyridine rings is 1. The number of hydrogen-bond acceptors (Lipinski definition) is 5. The van der Waals surface area contributed by atoms with Crippen LogP contribution < -0.4 is 5.32 Å². The first-order chi connectivity index (χ1) is 13.3. The van der Waals surface area contributed by atoms with Crippen molar-refractivity contribution in [1.82, 2.24) is 19.7 Å². The van der Waals surface area contributed by atoms with Gasteiger partial charge in [0.1, 0.15) is 17.8 Å². The quantitative estimate of drug-likeness (QED) is 0.767. The number of anilines is 2. The molecule has 7 heteroatoms. The van der Waals surface area contributed by atoms with Gasteiger partial charge in [0.25, 0.3) is 5.91 Å². The number of carbonyl (C=O) groups is 1. The second kappa shape index (κ2) is 6.42.